The van der Waals surface area contributed by atoms with Crippen LogP contribution in [0, 0.1) is 5.41 Å². The number of amides is 2. The Balaban J connectivity index is 2.10. The van der Waals surface area contributed by atoms with Gasteiger partial charge >= 0.3 is 0 Å². The average Bonchev–Trinajstić information content (AvgIpc) is 2.46. The highest BCUT2D eigenvalue weighted by molar-refractivity contribution is 6.35. The van der Waals surface area contributed by atoms with E-state index >= 15 is 0 Å². The van der Waals surface area contributed by atoms with Crippen molar-refractivity contribution in [2.24, 2.45) is 5.41 Å². The van der Waals surface area contributed by atoms with E-state index < -0.39 is 5.41 Å². The number of likely N-dealkylation sites (tertiary alicyclic amines) is 1. The Hall–Kier alpha value is -1.26. The number of halogens is 2. The molecule has 1 heterocycles. The largest absolute Gasteiger partial charge is 0.342 e. The van der Waals surface area contributed by atoms with Gasteiger partial charge in [-0.3, -0.25) is 9.59 Å². The number of carbonyl (C=O) groups is 2. The first kappa shape index (κ1) is 17.1. The third-order valence-corrected chi connectivity index (χ3v) is 4.30. The van der Waals surface area contributed by atoms with E-state index in [4.69, 9.17) is 23.2 Å². The van der Waals surface area contributed by atoms with Crippen LogP contribution >= 0.6 is 23.2 Å². The van der Waals surface area contributed by atoms with Crippen molar-refractivity contribution >= 4 is 40.7 Å². The van der Waals surface area contributed by atoms with Gasteiger partial charge in [-0.15, -0.1) is 0 Å². The number of piperidine rings is 1. The molecular formula is C16H20Cl2N2O2. The molecule has 1 fully saturated rings. The zero-order valence-corrected chi connectivity index (χ0v) is 14.3. The van der Waals surface area contributed by atoms with E-state index in [1.165, 1.54) is 0 Å². The normalized spacial score (nSPS) is 15.5. The smallest absolute Gasteiger partial charge is 0.239 e. The van der Waals surface area contributed by atoms with E-state index in [0.29, 0.717) is 15.7 Å². The molecule has 0 aromatic heterocycles. The minimum atomic E-state index is -1.13. The number of hydrogen-bond donors (Lipinski definition) is 1. The van der Waals surface area contributed by atoms with Crippen LogP contribution in [0.1, 0.15) is 33.1 Å². The first-order chi connectivity index (χ1) is 10.3. The zero-order valence-electron chi connectivity index (χ0n) is 12.8. The molecule has 0 unspecified atom stereocenters. The lowest BCUT2D eigenvalue weighted by atomic mass is 9.89. The molecule has 2 rings (SSSR count). The summed E-state index contributed by atoms with van der Waals surface area (Å²) in [5.74, 6) is -0.501. The molecule has 0 aliphatic carbocycles. The first-order valence-corrected chi connectivity index (χ1v) is 8.13. The van der Waals surface area contributed by atoms with E-state index in [1.807, 2.05) is 0 Å². The Morgan fingerprint density at radius 1 is 1.05 bits per heavy atom. The highest BCUT2D eigenvalue weighted by Gasteiger charge is 2.39. The minimum absolute atomic E-state index is 0.141. The van der Waals surface area contributed by atoms with Crippen molar-refractivity contribution in [3.63, 3.8) is 0 Å². The molecule has 22 heavy (non-hydrogen) atoms. The van der Waals surface area contributed by atoms with Crippen molar-refractivity contribution in [3.8, 4) is 0 Å². The van der Waals surface area contributed by atoms with E-state index in [0.717, 1.165) is 32.4 Å². The van der Waals surface area contributed by atoms with E-state index in [9.17, 15) is 9.59 Å². The van der Waals surface area contributed by atoms with Gasteiger partial charge in [0.25, 0.3) is 0 Å². The van der Waals surface area contributed by atoms with Gasteiger partial charge in [-0.05, 0) is 51.3 Å². The van der Waals surface area contributed by atoms with Crippen molar-refractivity contribution in [2.75, 3.05) is 18.4 Å². The van der Waals surface area contributed by atoms with Crippen LogP contribution in [0.3, 0.4) is 0 Å². The van der Waals surface area contributed by atoms with Crippen LogP contribution in [0.25, 0.3) is 0 Å². The lowest BCUT2D eigenvalue weighted by Gasteiger charge is -2.33. The number of benzene rings is 1. The Morgan fingerprint density at radius 2 is 1.59 bits per heavy atom. The highest BCUT2D eigenvalue weighted by atomic mass is 35.5. The van der Waals surface area contributed by atoms with Crippen molar-refractivity contribution in [2.45, 2.75) is 33.1 Å². The van der Waals surface area contributed by atoms with Crippen molar-refractivity contribution in [1.29, 1.82) is 0 Å². The molecular weight excluding hydrogens is 323 g/mol. The van der Waals surface area contributed by atoms with Crippen LogP contribution in [0.5, 0.6) is 0 Å². The molecule has 1 N–H and O–H groups in total. The number of nitrogens with zero attached hydrogens (tertiary/aromatic N) is 1. The van der Waals surface area contributed by atoms with E-state index in [-0.39, 0.29) is 11.8 Å². The van der Waals surface area contributed by atoms with Crippen molar-refractivity contribution in [3.05, 3.63) is 28.2 Å². The lowest BCUT2D eigenvalue weighted by Crippen LogP contribution is -2.48. The van der Waals surface area contributed by atoms with Crippen LogP contribution in [0.15, 0.2) is 18.2 Å². The molecule has 0 radical (unpaired) electrons. The fourth-order valence-electron chi connectivity index (χ4n) is 2.50. The summed E-state index contributed by atoms with van der Waals surface area (Å²) in [7, 11) is 0. The molecule has 1 aromatic rings. The average molecular weight is 343 g/mol. The summed E-state index contributed by atoms with van der Waals surface area (Å²) in [6.45, 7) is 4.73. The molecule has 120 valence electrons. The van der Waals surface area contributed by atoms with E-state index in [2.05, 4.69) is 5.32 Å². The number of anilines is 1. The van der Waals surface area contributed by atoms with Gasteiger partial charge in [-0.1, -0.05) is 23.2 Å². The quantitative estimate of drug-likeness (QED) is 0.845. The second-order valence-corrected chi connectivity index (χ2v) is 6.96. The fraction of sp³-hybridized carbons (Fsp3) is 0.500. The fourth-order valence-corrected chi connectivity index (χ4v) is 3.03. The van der Waals surface area contributed by atoms with Gasteiger partial charge in [0.05, 0.1) is 0 Å². The van der Waals surface area contributed by atoms with Crippen LogP contribution in [0.2, 0.25) is 10.0 Å². The summed E-state index contributed by atoms with van der Waals surface area (Å²) in [4.78, 5) is 26.9. The molecule has 0 bridgehead atoms. The number of carbonyl (C=O) groups excluding carboxylic acids is 2. The molecule has 1 aliphatic heterocycles. The highest BCUT2D eigenvalue weighted by Crippen LogP contribution is 2.27. The van der Waals surface area contributed by atoms with Crippen LogP contribution in [-0.2, 0) is 9.59 Å². The number of hydrogen-bond acceptors (Lipinski definition) is 2. The standard InChI is InChI=1S/C16H20Cl2N2O2/c1-16(2,15(22)20-6-4-3-5-7-20)14(21)19-13-9-11(17)8-12(18)10-13/h8-10H,3-7H2,1-2H3,(H,19,21). The van der Waals surface area contributed by atoms with Gasteiger partial charge in [0, 0.05) is 28.8 Å². The van der Waals surface area contributed by atoms with Gasteiger partial charge in [-0.2, -0.15) is 0 Å². The monoisotopic (exact) mass is 342 g/mol. The van der Waals surface area contributed by atoms with Crippen LogP contribution in [-0.4, -0.2) is 29.8 Å². The van der Waals surface area contributed by atoms with Gasteiger partial charge in [0.15, 0.2) is 0 Å². The third-order valence-electron chi connectivity index (χ3n) is 3.87. The SMILES string of the molecule is CC(C)(C(=O)Nc1cc(Cl)cc(Cl)c1)C(=O)N1CCCCC1. The van der Waals surface area contributed by atoms with Gasteiger partial charge < -0.3 is 10.2 Å². The summed E-state index contributed by atoms with van der Waals surface area (Å²) < 4.78 is 0. The second-order valence-electron chi connectivity index (χ2n) is 6.09. The molecule has 4 nitrogen and oxygen atoms in total. The Bertz CT molecular complexity index is 561. The maximum absolute atomic E-state index is 12.6. The zero-order chi connectivity index (χ0) is 16.3. The predicted octanol–water partition coefficient (Wildman–Crippen LogP) is 3.97. The third kappa shape index (κ3) is 3.93. The molecule has 1 aliphatic rings. The Kier molecular flexibility index (Phi) is 5.35. The molecule has 1 saturated heterocycles. The predicted molar refractivity (Wildman–Crippen MR) is 89.3 cm³/mol. The molecule has 0 atom stereocenters. The number of nitrogens with one attached hydrogen (secondary N) is 1. The topological polar surface area (TPSA) is 49.4 Å². The maximum Gasteiger partial charge on any atom is 0.239 e. The van der Waals surface area contributed by atoms with Crippen molar-refractivity contribution in [1.82, 2.24) is 4.90 Å². The molecule has 0 saturated carbocycles. The maximum atomic E-state index is 12.6. The Labute approximate surface area is 140 Å². The van der Waals surface area contributed by atoms with Gasteiger partial charge in [0.2, 0.25) is 11.8 Å². The van der Waals surface area contributed by atoms with Crippen molar-refractivity contribution < 1.29 is 9.59 Å². The summed E-state index contributed by atoms with van der Waals surface area (Å²) >= 11 is 11.8. The molecule has 1 aromatic carbocycles. The summed E-state index contributed by atoms with van der Waals surface area (Å²) in [5, 5.41) is 3.60. The minimum Gasteiger partial charge on any atom is -0.342 e. The van der Waals surface area contributed by atoms with Crippen LogP contribution < -0.4 is 5.32 Å². The summed E-state index contributed by atoms with van der Waals surface area (Å²) in [6, 6.07) is 4.79. The van der Waals surface area contributed by atoms with Gasteiger partial charge in [-0.25, -0.2) is 0 Å². The molecule has 2 amide bonds. The number of rotatable bonds is 3. The lowest BCUT2D eigenvalue weighted by molar-refractivity contribution is -0.147. The molecule has 6 heteroatoms. The van der Waals surface area contributed by atoms with E-state index in [1.54, 1.807) is 36.9 Å². The molecule has 0 spiro atoms. The first-order valence-electron chi connectivity index (χ1n) is 7.37. The second kappa shape index (κ2) is 6.88. The van der Waals surface area contributed by atoms with Crippen LogP contribution in [0.4, 0.5) is 5.69 Å². The summed E-state index contributed by atoms with van der Waals surface area (Å²) in [6.07, 6.45) is 3.12. The Morgan fingerprint density at radius 3 is 2.14 bits per heavy atom. The van der Waals surface area contributed by atoms with Gasteiger partial charge in [0.1, 0.15) is 5.41 Å². The summed E-state index contributed by atoms with van der Waals surface area (Å²) in [5.41, 5.74) is -0.645.